The Kier molecular flexibility index (Phi) is 5.91. The Labute approximate surface area is 173 Å². The molecule has 0 heterocycles. The molecule has 3 aromatic carbocycles. The number of carbonyl (C=O) groups excluding carboxylic acids is 1. The van der Waals surface area contributed by atoms with Crippen molar-refractivity contribution >= 4 is 38.9 Å². The minimum Gasteiger partial charge on any atom is -0.322 e. The molecule has 8 heteroatoms. The van der Waals surface area contributed by atoms with Crippen molar-refractivity contribution in [2.45, 2.75) is 18.7 Å². The zero-order chi connectivity index (χ0) is 21.2. The van der Waals surface area contributed by atoms with Gasteiger partial charge in [0.15, 0.2) is 0 Å². The van der Waals surface area contributed by atoms with Gasteiger partial charge in [-0.2, -0.15) is 0 Å². The van der Waals surface area contributed by atoms with Crippen LogP contribution in [0.5, 0.6) is 0 Å². The standard InChI is InChI=1S/C21H18ClFN2O3S/c1-13-3-4-14(2)19(11-13)25-29(27,28)20-12-15(5-10-18(20)22)21(26)24-17-8-6-16(23)7-9-17/h3-12,25H,1-2H3,(H,24,26). The minimum absolute atomic E-state index is 0.0128. The number of nitrogens with one attached hydrogen (secondary N) is 2. The molecule has 0 atom stereocenters. The van der Waals surface area contributed by atoms with Crippen molar-refractivity contribution in [3.8, 4) is 0 Å². The quantitative estimate of drug-likeness (QED) is 0.585. The fourth-order valence-corrected chi connectivity index (χ4v) is 4.28. The van der Waals surface area contributed by atoms with E-state index in [0.717, 1.165) is 11.1 Å². The highest BCUT2D eigenvalue weighted by Crippen LogP contribution is 2.27. The molecule has 5 nitrogen and oxygen atoms in total. The third kappa shape index (κ3) is 4.93. The van der Waals surface area contributed by atoms with Crippen LogP contribution in [-0.2, 0) is 10.0 Å². The van der Waals surface area contributed by atoms with Crippen LogP contribution in [0.3, 0.4) is 0 Å². The zero-order valence-corrected chi connectivity index (χ0v) is 17.2. The molecule has 3 rings (SSSR count). The molecule has 2 N–H and O–H groups in total. The lowest BCUT2D eigenvalue weighted by Crippen LogP contribution is -2.17. The molecule has 0 spiro atoms. The molecule has 0 saturated heterocycles. The fraction of sp³-hybridized carbons (Fsp3) is 0.0952. The molecule has 0 fully saturated rings. The molecule has 0 aliphatic rings. The number of benzene rings is 3. The summed E-state index contributed by atoms with van der Waals surface area (Å²) in [6, 6.07) is 14.6. The Morgan fingerprint density at radius 1 is 0.966 bits per heavy atom. The van der Waals surface area contributed by atoms with Gasteiger partial charge < -0.3 is 5.32 Å². The van der Waals surface area contributed by atoms with E-state index in [4.69, 9.17) is 11.6 Å². The van der Waals surface area contributed by atoms with E-state index >= 15 is 0 Å². The molecule has 1 amide bonds. The first-order chi connectivity index (χ1) is 13.7. The maximum absolute atomic E-state index is 13.0. The van der Waals surface area contributed by atoms with Crippen LogP contribution in [0.15, 0.2) is 65.6 Å². The van der Waals surface area contributed by atoms with E-state index in [0.29, 0.717) is 11.4 Å². The third-order valence-electron chi connectivity index (χ3n) is 4.22. The van der Waals surface area contributed by atoms with Crippen molar-refractivity contribution < 1.29 is 17.6 Å². The predicted octanol–water partition coefficient (Wildman–Crippen LogP) is 5.15. The number of hydrogen-bond acceptors (Lipinski definition) is 3. The molecule has 0 aliphatic heterocycles. The molecule has 0 saturated carbocycles. The van der Waals surface area contributed by atoms with Crippen molar-refractivity contribution in [3.05, 3.63) is 88.2 Å². The summed E-state index contributed by atoms with van der Waals surface area (Å²) in [5, 5.41) is 2.57. The second kappa shape index (κ2) is 8.23. The van der Waals surface area contributed by atoms with Gasteiger partial charge in [-0.15, -0.1) is 0 Å². The van der Waals surface area contributed by atoms with Crippen molar-refractivity contribution in [3.63, 3.8) is 0 Å². The molecule has 0 aromatic heterocycles. The maximum atomic E-state index is 13.0. The van der Waals surface area contributed by atoms with E-state index in [1.807, 2.05) is 13.0 Å². The molecule has 0 bridgehead atoms. The smallest absolute Gasteiger partial charge is 0.263 e. The Hall–Kier alpha value is -2.90. The molecular weight excluding hydrogens is 415 g/mol. The highest BCUT2D eigenvalue weighted by molar-refractivity contribution is 7.92. The average Bonchev–Trinajstić information content (AvgIpc) is 2.66. The van der Waals surface area contributed by atoms with Gasteiger partial charge in [0.05, 0.1) is 10.7 Å². The highest BCUT2D eigenvalue weighted by atomic mass is 35.5. The van der Waals surface area contributed by atoms with Crippen LogP contribution < -0.4 is 10.0 Å². The number of halogens is 2. The summed E-state index contributed by atoms with van der Waals surface area (Å²) < 4.78 is 41.3. The predicted molar refractivity (Wildman–Crippen MR) is 113 cm³/mol. The van der Waals surface area contributed by atoms with Crippen LogP contribution in [0.2, 0.25) is 5.02 Å². The minimum atomic E-state index is -4.03. The van der Waals surface area contributed by atoms with Gasteiger partial charge in [-0.05, 0) is 73.5 Å². The number of rotatable bonds is 5. The van der Waals surface area contributed by atoms with Gasteiger partial charge in [-0.1, -0.05) is 23.7 Å². The normalized spacial score (nSPS) is 11.2. The van der Waals surface area contributed by atoms with E-state index in [1.165, 1.54) is 42.5 Å². The zero-order valence-electron chi connectivity index (χ0n) is 15.7. The second-order valence-corrected chi connectivity index (χ2v) is 8.59. The summed E-state index contributed by atoms with van der Waals surface area (Å²) in [6.45, 7) is 3.64. The van der Waals surface area contributed by atoms with Crippen molar-refractivity contribution in [1.29, 1.82) is 0 Å². The van der Waals surface area contributed by atoms with E-state index in [1.54, 1.807) is 19.1 Å². The Bertz CT molecular complexity index is 1180. The molecule has 3 aromatic rings. The SMILES string of the molecule is Cc1ccc(C)c(NS(=O)(=O)c2cc(C(=O)Nc3ccc(F)cc3)ccc2Cl)c1. The Morgan fingerprint density at radius 3 is 2.34 bits per heavy atom. The Morgan fingerprint density at radius 2 is 1.66 bits per heavy atom. The Balaban J connectivity index is 1.90. The van der Waals surface area contributed by atoms with E-state index in [-0.39, 0.29) is 15.5 Å². The third-order valence-corrected chi connectivity index (χ3v) is 6.07. The largest absolute Gasteiger partial charge is 0.322 e. The summed E-state index contributed by atoms with van der Waals surface area (Å²) in [4.78, 5) is 12.3. The molecular formula is C21H18ClFN2O3S. The van der Waals surface area contributed by atoms with E-state index in [9.17, 15) is 17.6 Å². The topological polar surface area (TPSA) is 75.3 Å². The van der Waals surface area contributed by atoms with Gasteiger partial charge in [0.25, 0.3) is 15.9 Å². The van der Waals surface area contributed by atoms with Gasteiger partial charge in [0, 0.05) is 11.3 Å². The molecule has 0 radical (unpaired) electrons. The lowest BCUT2D eigenvalue weighted by Gasteiger charge is -2.13. The first kappa shape index (κ1) is 20.8. The monoisotopic (exact) mass is 432 g/mol. The number of hydrogen-bond donors (Lipinski definition) is 2. The first-order valence-corrected chi connectivity index (χ1v) is 10.5. The number of sulfonamides is 1. The van der Waals surface area contributed by atoms with Crippen LogP contribution in [0.1, 0.15) is 21.5 Å². The summed E-state index contributed by atoms with van der Waals surface area (Å²) in [5.74, 6) is -0.975. The van der Waals surface area contributed by atoms with Crippen LogP contribution in [0.4, 0.5) is 15.8 Å². The summed E-state index contributed by atoms with van der Waals surface area (Å²) in [7, 11) is -4.03. The lowest BCUT2D eigenvalue weighted by atomic mass is 10.1. The van der Waals surface area contributed by atoms with Crippen molar-refractivity contribution in [2.75, 3.05) is 10.0 Å². The average molecular weight is 433 g/mol. The van der Waals surface area contributed by atoms with Crippen LogP contribution >= 0.6 is 11.6 Å². The van der Waals surface area contributed by atoms with Gasteiger partial charge >= 0.3 is 0 Å². The summed E-state index contributed by atoms with van der Waals surface area (Å²) >= 11 is 6.11. The summed E-state index contributed by atoms with van der Waals surface area (Å²) in [5.41, 5.74) is 2.55. The summed E-state index contributed by atoms with van der Waals surface area (Å²) in [6.07, 6.45) is 0. The van der Waals surface area contributed by atoms with Gasteiger partial charge in [-0.25, -0.2) is 12.8 Å². The van der Waals surface area contributed by atoms with Crippen LogP contribution in [0, 0.1) is 19.7 Å². The molecule has 0 aliphatic carbocycles. The van der Waals surface area contributed by atoms with Gasteiger partial charge in [0.2, 0.25) is 0 Å². The number of anilines is 2. The maximum Gasteiger partial charge on any atom is 0.263 e. The molecule has 150 valence electrons. The van der Waals surface area contributed by atoms with Gasteiger partial charge in [0.1, 0.15) is 10.7 Å². The fourth-order valence-electron chi connectivity index (χ4n) is 2.63. The van der Waals surface area contributed by atoms with Crippen LogP contribution in [-0.4, -0.2) is 14.3 Å². The second-order valence-electron chi connectivity index (χ2n) is 6.53. The van der Waals surface area contributed by atoms with Crippen LogP contribution in [0.25, 0.3) is 0 Å². The number of aryl methyl sites for hydroxylation is 2. The lowest BCUT2D eigenvalue weighted by molar-refractivity contribution is 0.102. The van der Waals surface area contributed by atoms with E-state index < -0.39 is 21.7 Å². The van der Waals surface area contributed by atoms with Gasteiger partial charge in [-0.3, -0.25) is 9.52 Å². The van der Waals surface area contributed by atoms with Crippen molar-refractivity contribution in [2.24, 2.45) is 0 Å². The number of amides is 1. The highest BCUT2D eigenvalue weighted by Gasteiger charge is 2.21. The molecule has 0 unspecified atom stereocenters. The first-order valence-electron chi connectivity index (χ1n) is 8.62. The van der Waals surface area contributed by atoms with Crippen molar-refractivity contribution in [1.82, 2.24) is 0 Å². The van der Waals surface area contributed by atoms with E-state index in [2.05, 4.69) is 10.0 Å². The number of carbonyl (C=O) groups is 1. The molecule has 29 heavy (non-hydrogen) atoms.